The molecule has 0 aliphatic heterocycles. The van der Waals surface area contributed by atoms with Gasteiger partial charge in [0.15, 0.2) is 0 Å². The van der Waals surface area contributed by atoms with Gasteiger partial charge in [-0.3, -0.25) is 9.59 Å². The molecule has 0 heterocycles. The molecule has 0 saturated heterocycles. The molecular weight excluding hydrogens is 286 g/mol. The number of Topliss-reactive ketones (excluding diaryl/α,β-unsaturated/α-hetero) is 1. The minimum atomic E-state index is 0.167. The molecule has 0 saturated carbocycles. The average molecular weight is 326 g/mol. The summed E-state index contributed by atoms with van der Waals surface area (Å²) in [5, 5.41) is 3.07. The third-order valence-electron chi connectivity index (χ3n) is 5.30. The fraction of sp³-hybridized carbons (Fsp3) is 0.900. The molecular formula is C20H39NO2. The molecule has 0 aromatic rings. The molecule has 0 aromatic carbocycles. The Morgan fingerprint density at radius 2 is 1.22 bits per heavy atom. The van der Waals surface area contributed by atoms with Crippen molar-refractivity contribution in [3.8, 4) is 0 Å². The fourth-order valence-corrected chi connectivity index (χ4v) is 2.99. The van der Waals surface area contributed by atoms with Gasteiger partial charge in [-0.1, -0.05) is 66.7 Å². The Balaban J connectivity index is 4.06. The zero-order chi connectivity index (χ0) is 17.7. The van der Waals surface area contributed by atoms with Crippen LogP contribution in [0.25, 0.3) is 0 Å². The first-order valence-electron chi connectivity index (χ1n) is 9.78. The highest BCUT2D eigenvalue weighted by atomic mass is 16.1. The number of amides is 1. The SMILES string of the molecule is CCC(CCC(=O)CC(CC)CC)CNC(=O)CC(CC)CC. The predicted molar refractivity (Wildman–Crippen MR) is 98.4 cm³/mol. The second-order valence-corrected chi connectivity index (χ2v) is 6.93. The van der Waals surface area contributed by atoms with Gasteiger partial charge in [-0.2, -0.15) is 0 Å². The number of rotatable bonds is 14. The van der Waals surface area contributed by atoms with E-state index < -0.39 is 0 Å². The number of carbonyl (C=O) groups is 2. The summed E-state index contributed by atoms with van der Waals surface area (Å²) in [6.45, 7) is 11.5. The van der Waals surface area contributed by atoms with E-state index in [4.69, 9.17) is 0 Å². The molecule has 136 valence electrons. The molecule has 3 heteroatoms. The van der Waals surface area contributed by atoms with Crippen LogP contribution in [-0.4, -0.2) is 18.2 Å². The van der Waals surface area contributed by atoms with Crippen LogP contribution in [0.15, 0.2) is 0 Å². The maximum atomic E-state index is 12.1. The molecule has 0 rings (SSSR count). The van der Waals surface area contributed by atoms with Gasteiger partial charge in [-0.05, 0) is 24.2 Å². The van der Waals surface area contributed by atoms with Gasteiger partial charge in [0, 0.05) is 25.8 Å². The summed E-state index contributed by atoms with van der Waals surface area (Å²) in [7, 11) is 0. The molecule has 0 fully saturated rings. The topological polar surface area (TPSA) is 46.2 Å². The molecule has 0 radical (unpaired) electrons. The summed E-state index contributed by atoms with van der Waals surface area (Å²) in [5.41, 5.74) is 0. The standard InChI is InChI=1S/C20H39NO2/c1-6-16(7-2)13-19(22)12-11-18(10-5)15-21-20(23)14-17(8-3)9-4/h16-18H,6-15H2,1-5H3,(H,21,23). The van der Waals surface area contributed by atoms with E-state index >= 15 is 0 Å². The van der Waals surface area contributed by atoms with Crippen molar-refractivity contribution in [2.24, 2.45) is 17.8 Å². The first kappa shape index (κ1) is 22.1. The minimum absolute atomic E-state index is 0.167. The quantitative estimate of drug-likeness (QED) is 0.481. The minimum Gasteiger partial charge on any atom is -0.356 e. The molecule has 1 amide bonds. The number of ketones is 1. The van der Waals surface area contributed by atoms with Crippen molar-refractivity contribution in [1.82, 2.24) is 5.32 Å². The van der Waals surface area contributed by atoms with E-state index in [2.05, 4.69) is 39.9 Å². The van der Waals surface area contributed by atoms with E-state index in [-0.39, 0.29) is 5.91 Å². The Kier molecular flexibility index (Phi) is 13.1. The van der Waals surface area contributed by atoms with E-state index in [0.717, 1.165) is 44.9 Å². The maximum absolute atomic E-state index is 12.1. The van der Waals surface area contributed by atoms with Crippen LogP contribution in [0.1, 0.15) is 92.4 Å². The summed E-state index contributed by atoms with van der Waals surface area (Å²) in [6.07, 6.45) is 8.25. The Morgan fingerprint density at radius 3 is 1.70 bits per heavy atom. The molecule has 0 aromatic heterocycles. The van der Waals surface area contributed by atoms with Crippen molar-refractivity contribution < 1.29 is 9.59 Å². The third-order valence-corrected chi connectivity index (χ3v) is 5.30. The van der Waals surface area contributed by atoms with E-state index in [0.29, 0.717) is 42.9 Å². The average Bonchev–Trinajstić information content (AvgIpc) is 2.57. The van der Waals surface area contributed by atoms with Crippen molar-refractivity contribution in [2.45, 2.75) is 92.4 Å². The van der Waals surface area contributed by atoms with E-state index in [9.17, 15) is 9.59 Å². The summed E-state index contributed by atoms with van der Waals surface area (Å²) >= 11 is 0. The van der Waals surface area contributed by atoms with Crippen LogP contribution in [0.5, 0.6) is 0 Å². The second kappa shape index (κ2) is 13.6. The largest absolute Gasteiger partial charge is 0.356 e. The van der Waals surface area contributed by atoms with Gasteiger partial charge >= 0.3 is 0 Å². The Morgan fingerprint density at radius 1 is 0.739 bits per heavy atom. The number of carbonyl (C=O) groups excluding carboxylic acids is 2. The molecule has 0 aliphatic carbocycles. The smallest absolute Gasteiger partial charge is 0.220 e. The van der Waals surface area contributed by atoms with Gasteiger partial charge in [0.1, 0.15) is 5.78 Å². The maximum Gasteiger partial charge on any atom is 0.220 e. The summed E-state index contributed by atoms with van der Waals surface area (Å²) in [6, 6.07) is 0. The van der Waals surface area contributed by atoms with Crippen molar-refractivity contribution in [3.63, 3.8) is 0 Å². The first-order valence-corrected chi connectivity index (χ1v) is 9.78. The summed E-state index contributed by atoms with van der Waals surface area (Å²) < 4.78 is 0. The van der Waals surface area contributed by atoms with Crippen LogP contribution in [0, 0.1) is 17.8 Å². The zero-order valence-electron chi connectivity index (χ0n) is 16.1. The molecule has 0 spiro atoms. The van der Waals surface area contributed by atoms with Crippen LogP contribution in [-0.2, 0) is 9.59 Å². The molecule has 0 bridgehead atoms. The predicted octanol–water partition coefficient (Wildman–Crippen LogP) is 5.13. The number of hydrogen-bond donors (Lipinski definition) is 1. The second-order valence-electron chi connectivity index (χ2n) is 6.93. The van der Waals surface area contributed by atoms with Crippen molar-refractivity contribution >= 4 is 11.7 Å². The monoisotopic (exact) mass is 325 g/mol. The lowest BCUT2D eigenvalue weighted by Gasteiger charge is -2.18. The van der Waals surface area contributed by atoms with E-state index in [1.165, 1.54) is 0 Å². The van der Waals surface area contributed by atoms with E-state index in [1.807, 2.05) is 0 Å². The number of hydrogen-bond acceptors (Lipinski definition) is 2. The molecule has 1 unspecified atom stereocenters. The highest BCUT2D eigenvalue weighted by molar-refractivity contribution is 5.78. The Bertz CT molecular complexity index is 290. The molecule has 23 heavy (non-hydrogen) atoms. The van der Waals surface area contributed by atoms with Crippen molar-refractivity contribution in [2.75, 3.05) is 6.54 Å². The molecule has 3 nitrogen and oxygen atoms in total. The fourth-order valence-electron chi connectivity index (χ4n) is 2.99. The highest BCUT2D eigenvalue weighted by Crippen LogP contribution is 2.17. The summed E-state index contributed by atoms with van der Waals surface area (Å²) in [5.74, 6) is 2.02. The van der Waals surface area contributed by atoms with Crippen LogP contribution >= 0.6 is 0 Å². The number of nitrogens with one attached hydrogen (secondary N) is 1. The lowest BCUT2D eigenvalue weighted by Crippen LogP contribution is -2.30. The van der Waals surface area contributed by atoms with Crippen LogP contribution in [0.4, 0.5) is 0 Å². The molecule has 1 atom stereocenters. The van der Waals surface area contributed by atoms with Gasteiger partial charge < -0.3 is 5.32 Å². The summed E-state index contributed by atoms with van der Waals surface area (Å²) in [4.78, 5) is 24.0. The molecule has 0 aliphatic rings. The lowest BCUT2D eigenvalue weighted by atomic mass is 9.92. The zero-order valence-corrected chi connectivity index (χ0v) is 16.1. The van der Waals surface area contributed by atoms with Crippen LogP contribution < -0.4 is 5.32 Å². The van der Waals surface area contributed by atoms with Crippen molar-refractivity contribution in [3.05, 3.63) is 0 Å². The molecule has 1 N–H and O–H groups in total. The van der Waals surface area contributed by atoms with Crippen LogP contribution in [0.3, 0.4) is 0 Å². The van der Waals surface area contributed by atoms with E-state index in [1.54, 1.807) is 0 Å². The Hall–Kier alpha value is -0.860. The van der Waals surface area contributed by atoms with Gasteiger partial charge in [0.25, 0.3) is 0 Å². The van der Waals surface area contributed by atoms with Gasteiger partial charge in [-0.25, -0.2) is 0 Å². The van der Waals surface area contributed by atoms with Crippen LogP contribution in [0.2, 0.25) is 0 Å². The van der Waals surface area contributed by atoms with Gasteiger partial charge in [-0.15, -0.1) is 0 Å². The lowest BCUT2D eigenvalue weighted by molar-refractivity contribution is -0.122. The van der Waals surface area contributed by atoms with Gasteiger partial charge in [0.2, 0.25) is 5.91 Å². The van der Waals surface area contributed by atoms with Gasteiger partial charge in [0.05, 0.1) is 0 Å². The normalized spacial score (nSPS) is 12.7. The highest BCUT2D eigenvalue weighted by Gasteiger charge is 2.15. The first-order chi connectivity index (χ1) is 11.0. The third kappa shape index (κ3) is 10.5. The van der Waals surface area contributed by atoms with Crippen molar-refractivity contribution in [1.29, 1.82) is 0 Å². The Labute approximate surface area is 144 Å².